The highest BCUT2D eigenvalue weighted by atomic mass is 15.3. The number of hydrogen-bond acceptors (Lipinski definition) is 3. The van der Waals surface area contributed by atoms with Gasteiger partial charge in [0, 0.05) is 23.7 Å². The van der Waals surface area contributed by atoms with Gasteiger partial charge in [0.25, 0.3) is 5.95 Å². The van der Waals surface area contributed by atoms with Gasteiger partial charge in [0.05, 0.1) is 5.69 Å². The van der Waals surface area contributed by atoms with E-state index in [1.165, 1.54) is 0 Å². The molecule has 0 bridgehead atoms. The van der Waals surface area contributed by atoms with Crippen molar-refractivity contribution in [1.82, 2.24) is 19.7 Å². The molecule has 94 valence electrons. The standard InChI is InChI=1S/C15H14N4/c1-11-8-12(2)19(18-11)15-16-9-14(10-17-15)13-6-4-3-5-7-13/h3-10H,1-2H3. The molecule has 1 aromatic carbocycles. The van der Waals surface area contributed by atoms with E-state index >= 15 is 0 Å². The zero-order chi connectivity index (χ0) is 13.2. The van der Waals surface area contributed by atoms with Crippen LogP contribution in [0.15, 0.2) is 48.8 Å². The number of aromatic nitrogens is 4. The van der Waals surface area contributed by atoms with Crippen molar-refractivity contribution in [2.45, 2.75) is 13.8 Å². The van der Waals surface area contributed by atoms with E-state index in [0.717, 1.165) is 22.5 Å². The smallest absolute Gasteiger partial charge is 0.219 e. The van der Waals surface area contributed by atoms with Crippen LogP contribution < -0.4 is 0 Å². The van der Waals surface area contributed by atoms with Crippen molar-refractivity contribution >= 4 is 0 Å². The molecule has 19 heavy (non-hydrogen) atoms. The summed E-state index contributed by atoms with van der Waals surface area (Å²) in [6.45, 7) is 3.95. The van der Waals surface area contributed by atoms with Crippen molar-refractivity contribution < 1.29 is 0 Å². The van der Waals surface area contributed by atoms with Gasteiger partial charge in [-0.05, 0) is 25.5 Å². The Hall–Kier alpha value is -2.49. The zero-order valence-corrected chi connectivity index (χ0v) is 10.9. The molecule has 0 spiro atoms. The van der Waals surface area contributed by atoms with Crippen LogP contribution in [-0.2, 0) is 0 Å². The average Bonchev–Trinajstić information content (AvgIpc) is 2.79. The molecular formula is C15H14N4. The third kappa shape index (κ3) is 2.25. The SMILES string of the molecule is Cc1cc(C)n(-c2ncc(-c3ccccc3)cn2)n1. The molecule has 0 fully saturated rings. The minimum absolute atomic E-state index is 0.602. The lowest BCUT2D eigenvalue weighted by Gasteiger charge is -2.04. The normalized spacial score (nSPS) is 10.6. The summed E-state index contributed by atoms with van der Waals surface area (Å²) in [7, 11) is 0. The van der Waals surface area contributed by atoms with Gasteiger partial charge in [-0.25, -0.2) is 14.6 Å². The molecular weight excluding hydrogens is 236 g/mol. The van der Waals surface area contributed by atoms with Gasteiger partial charge in [0.1, 0.15) is 0 Å². The third-order valence-electron chi connectivity index (χ3n) is 2.94. The summed E-state index contributed by atoms with van der Waals surface area (Å²) in [5, 5.41) is 4.37. The molecule has 0 radical (unpaired) electrons. The van der Waals surface area contributed by atoms with Crippen molar-refractivity contribution in [2.24, 2.45) is 0 Å². The second-order valence-corrected chi connectivity index (χ2v) is 4.48. The predicted molar refractivity (Wildman–Crippen MR) is 74.1 cm³/mol. The highest BCUT2D eigenvalue weighted by Gasteiger charge is 2.06. The average molecular weight is 250 g/mol. The van der Waals surface area contributed by atoms with Crippen LogP contribution in [0.4, 0.5) is 0 Å². The van der Waals surface area contributed by atoms with Crippen molar-refractivity contribution in [1.29, 1.82) is 0 Å². The van der Waals surface area contributed by atoms with E-state index in [1.807, 2.05) is 62.6 Å². The quantitative estimate of drug-likeness (QED) is 0.702. The Morgan fingerprint density at radius 1 is 0.895 bits per heavy atom. The molecule has 4 nitrogen and oxygen atoms in total. The molecule has 2 aromatic heterocycles. The van der Waals surface area contributed by atoms with Crippen LogP contribution in [0.5, 0.6) is 0 Å². The molecule has 0 saturated heterocycles. The molecule has 4 heteroatoms. The van der Waals surface area contributed by atoms with Crippen LogP contribution in [0.2, 0.25) is 0 Å². The van der Waals surface area contributed by atoms with E-state index in [2.05, 4.69) is 15.1 Å². The minimum Gasteiger partial charge on any atom is -0.219 e. The van der Waals surface area contributed by atoms with E-state index in [-0.39, 0.29) is 0 Å². The van der Waals surface area contributed by atoms with Gasteiger partial charge in [0.2, 0.25) is 0 Å². The predicted octanol–water partition coefficient (Wildman–Crippen LogP) is 2.95. The summed E-state index contributed by atoms with van der Waals surface area (Å²) in [5.41, 5.74) is 4.12. The Balaban J connectivity index is 1.98. The van der Waals surface area contributed by atoms with Crippen molar-refractivity contribution in [2.75, 3.05) is 0 Å². The van der Waals surface area contributed by atoms with Crippen molar-refractivity contribution in [3.63, 3.8) is 0 Å². The zero-order valence-electron chi connectivity index (χ0n) is 10.9. The van der Waals surface area contributed by atoms with Gasteiger partial charge in [-0.3, -0.25) is 0 Å². The highest BCUT2D eigenvalue weighted by Crippen LogP contribution is 2.17. The van der Waals surface area contributed by atoms with Gasteiger partial charge >= 0.3 is 0 Å². The van der Waals surface area contributed by atoms with Crippen LogP contribution in [0.25, 0.3) is 17.1 Å². The lowest BCUT2D eigenvalue weighted by Crippen LogP contribution is -2.04. The maximum absolute atomic E-state index is 4.39. The summed E-state index contributed by atoms with van der Waals surface area (Å²) < 4.78 is 1.75. The lowest BCUT2D eigenvalue weighted by atomic mass is 10.1. The topological polar surface area (TPSA) is 43.6 Å². The van der Waals surface area contributed by atoms with Gasteiger partial charge in [0.15, 0.2) is 0 Å². The summed E-state index contributed by atoms with van der Waals surface area (Å²) >= 11 is 0. The summed E-state index contributed by atoms with van der Waals surface area (Å²) in [5.74, 6) is 0.602. The van der Waals surface area contributed by atoms with Crippen LogP contribution >= 0.6 is 0 Å². The van der Waals surface area contributed by atoms with Crippen LogP contribution in [0.1, 0.15) is 11.4 Å². The number of aryl methyl sites for hydroxylation is 2. The molecule has 0 aliphatic heterocycles. The van der Waals surface area contributed by atoms with E-state index in [0.29, 0.717) is 5.95 Å². The molecule has 3 rings (SSSR count). The van der Waals surface area contributed by atoms with Gasteiger partial charge < -0.3 is 0 Å². The first-order valence-electron chi connectivity index (χ1n) is 6.15. The molecule has 0 unspecified atom stereocenters. The molecule has 0 atom stereocenters. The fraction of sp³-hybridized carbons (Fsp3) is 0.133. The molecule has 0 aliphatic rings. The van der Waals surface area contributed by atoms with Crippen LogP contribution in [0, 0.1) is 13.8 Å². The molecule has 0 aliphatic carbocycles. The molecule has 3 aromatic rings. The van der Waals surface area contributed by atoms with E-state index in [4.69, 9.17) is 0 Å². The second kappa shape index (κ2) is 4.65. The fourth-order valence-corrected chi connectivity index (χ4v) is 2.04. The first-order valence-corrected chi connectivity index (χ1v) is 6.15. The molecule has 0 N–H and O–H groups in total. The Morgan fingerprint density at radius 2 is 1.58 bits per heavy atom. The number of hydrogen-bond donors (Lipinski definition) is 0. The van der Waals surface area contributed by atoms with Crippen molar-refractivity contribution in [3.05, 3.63) is 60.2 Å². The Labute approximate surface area is 111 Å². The maximum atomic E-state index is 4.39. The van der Waals surface area contributed by atoms with E-state index in [1.54, 1.807) is 4.68 Å². The Morgan fingerprint density at radius 3 is 2.16 bits per heavy atom. The molecule has 0 amide bonds. The highest BCUT2D eigenvalue weighted by molar-refractivity contribution is 5.61. The Bertz CT molecular complexity index is 684. The van der Waals surface area contributed by atoms with Crippen molar-refractivity contribution in [3.8, 4) is 17.1 Å². The largest absolute Gasteiger partial charge is 0.250 e. The first-order chi connectivity index (χ1) is 9.24. The number of benzene rings is 1. The summed E-state index contributed by atoms with van der Waals surface area (Å²) in [4.78, 5) is 8.78. The third-order valence-corrected chi connectivity index (χ3v) is 2.94. The van der Waals surface area contributed by atoms with E-state index < -0.39 is 0 Å². The number of nitrogens with zero attached hydrogens (tertiary/aromatic N) is 4. The molecule has 0 saturated carbocycles. The monoisotopic (exact) mass is 250 g/mol. The first kappa shape index (κ1) is 11.6. The van der Waals surface area contributed by atoms with Gasteiger partial charge in [-0.15, -0.1) is 0 Å². The number of rotatable bonds is 2. The minimum atomic E-state index is 0.602. The van der Waals surface area contributed by atoms with E-state index in [9.17, 15) is 0 Å². The van der Waals surface area contributed by atoms with Crippen LogP contribution in [-0.4, -0.2) is 19.7 Å². The fourth-order valence-electron chi connectivity index (χ4n) is 2.04. The lowest BCUT2D eigenvalue weighted by molar-refractivity contribution is 0.774. The Kier molecular flexibility index (Phi) is 2.83. The van der Waals surface area contributed by atoms with Gasteiger partial charge in [-0.1, -0.05) is 30.3 Å². The second-order valence-electron chi connectivity index (χ2n) is 4.48. The maximum Gasteiger partial charge on any atom is 0.250 e. The summed E-state index contributed by atoms with van der Waals surface area (Å²) in [6.07, 6.45) is 3.66. The summed E-state index contributed by atoms with van der Waals surface area (Å²) in [6, 6.07) is 12.1. The van der Waals surface area contributed by atoms with Gasteiger partial charge in [-0.2, -0.15) is 5.10 Å². The van der Waals surface area contributed by atoms with Crippen LogP contribution in [0.3, 0.4) is 0 Å². The molecule has 2 heterocycles.